The largest absolute Gasteiger partial charge is 0.488 e. The van der Waals surface area contributed by atoms with Crippen molar-refractivity contribution < 1.29 is 13.9 Å². The summed E-state index contributed by atoms with van der Waals surface area (Å²) in [6.07, 6.45) is 0. The van der Waals surface area contributed by atoms with Crippen LogP contribution in [0.3, 0.4) is 0 Å². The van der Waals surface area contributed by atoms with Gasteiger partial charge in [-0.05, 0) is 44.5 Å². The van der Waals surface area contributed by atoms with Crippen LogP contribution in [0.25, 0.3) is 0 Å². The van der Waals surface area contributed by atoms with Crippen molar-refractivity contribution in [2.24, 2.45) is 0 Å². The predicted octanol–water partition coefficient (Wildman–Crippen LogP) is 4.19. The molecule has 2 rings (SSSR count). The topological polar surface area (TPSA) is 41.6 Å². The van der Waals surface area contributed by atoms with E-state index in [1.807, 2.05) is 39.0 Å². The zero-order valence-corrected chi connectivity index (χ0v) is 14.5. The van der Waals surface area contributed by atoms with E-state index in [2.05, 4.69) is 5.32 Å². The number of aryl methyl sites for hydroxylation is 2. The minimum absolute atomic E-state index is 0.0550. The van der Waals surface area contributed by atoms with Gasteiger partial charge < -0.3 is 10.1 Å². The molecule has 0 fully saturated rings. The minimum atomic E-state index is -0.389. The number of hydrogen-bond acceptors (Lipinski definition) is 2. The summed E-state index contributed by atoms with van der Waals surface area (Å²) >= 11 is 0. The maximum Gasteiger partial charge on any atom is 0.321 e. The van der Waals surface area contributed by atoms with Gasteiger partial charge in [-0.2, -0.15) is 0 Å². The average Bonchev–Trinajstić information content (AvgIpc) is 2.56. The van der Waals surface area contributed by atoms with Crippen LogP contribution < -0.4 is 15.0 Å². The van der Waals surface area contributed by atoms with E-state index in [1.54, 1.807) is 19.2 Å². The molecule has 128 valence electrons. The third-order valence-corrected chi connectivity index (χ3v) is 3.86. The summed E-state index contributed by atoms with van der Waals surface area (Å²) in [7, 11) is 1.55. The second-order valence-corrected chi connectivity index (χ2v) is 5.59. The first kappa shape index (κ1) is 17.8. The number of hydrogen-bond donors (Lipinski definition) is 1. The monoisotopic (exact) mass is 330 g/mol. The van der Waals surface area contributed by atoms with E-state index in [0.29, 0.717) is 23.5 Å². The summed E-state index contributed by atoms with van der Waals surface area (Å²) in [5.41, 5.74) is 3.01. The number of rotatable bonds is 5. The van der Waals surface area contributed by atoms with Crippen molar-refractivity contribution in [2.75, 3.05) is 18.5 Å². The Balaban J connectivity index is 2.31. The Hall–Kier alpha value is -2.56. The first-order valence-electron chi connectivity index (χ1n) is 7.94. The fraction of sp³-hybridized carbons (Fsp3) is 0.316. The first-order valence-corrected chi connectivity index (χ1v) is 7.94. The Bertz CT molecular complexity index is 731. The van der Waals surface area contributed by atoms with Gasteiger partial charge >= 0.3 is 6.03 Å². The number of urea groups is 1. The number of nitrogens with zero attached hydrogens (tertiary/aromatic N) is 1. The summed E-state index contributed by atoms with van der Waals surface area (Å²) in [6.45, 7) is 6.29. The standard InChI is InChI=1S/C19H23FN2O2/c1-5-22(19(23)21-4)17-8-6-7-16(20)15(17)12-24-18-10-9-13(2)11-14(18)3/h6-11H,5,12H2,1-4H3,(H,21,23). The van der Waals surface area contributed by atoms with Crippen LogP contribution in [-0.2, 0) is 6.61 Å². The normalized spacial score (nSPS) is 10.4. The minimum Gasteiger partial charge on any atom is -0.488 e. The highest BCUT2D eigenvalue weighted by Crippen LogP contribution is 2.26. The molecule has 5 heteroatoms. The fourth-order valence-corrected chi connectivity index (χ4v) is 2.61. The molecular weight excluding hydrogens is 307 g/mol. The smallest absolute Gasteiger partial charge is 0.321 e. The molecule has 0 heterocycles. The van der Waals surface area contributed by atoms with Crippen LogP contribution in [-0.4, -0.2) is 19.6 Å². The Morgan fingerprint density at radius 3 is 2.62 bits per heavy atom. The molecule has 0 aliphatic heterocycles. The lowest BCUT2D eigenvalue weighted by Crippen LogP contribution is -2.38. The molecule has 0 spiro atoms. The van der Waals surface area contributed by atoms with Crippen molar-refractivity contribution in [3.63, 3.8) is 0 Å². The van der Waals surface area contributed by atoms with E-state index in [-0.39, 0.29) is 18.5 Å². The summed E-state index contributed by atoms with van der Waals surface area (Å²) in [5.74, 6) is 0.317. The summed E-state index contributed by atoms with van der Waals surface area (Å²) < 4.78 is 20.2. The van der Waals surface area contributed by atoms with Gasteiger partial charge in [-0.15, -0.1) is 0 Å². The molecule has 4 nitrogen and oxygen atoms in total. The van der Waals surface area contributed by atoms with Crippen LogP contribution in [0.5, 0.6) is 5.75 Å². The fourth-order valence-electron chi connectivity index (χ4n) is 2.61. The number of halogens is 1. The van der Waals surface area contributed by atoms with Crippen LogP contribution in [0, 0.1) is 19.7 Å². The van der Waals surface area contributed by atoms with Crippen LogP contribution in [0.2, 0.25) is 0 Å². The lowest BCUT2D eigenvalue weighted by molar-refractivity contribution is 0.248. The van der Waals surface area contributed by atoms with Gasteiger partial charge in [0.2, 0.25) is 0 Å². The number of carbonyl (C=O) groups excluding carboxylic acids is 1. The highest BCUT2D eigenvalue weighted by Gasteiger charge is 2.19. The molecule has 0 saturated heterocycles. The Labute approximate surface area is 142 Å². The molecule has 0 atom stereocenters. The molecule has 0 radical (unpaired) electrons. The Kier molecular flexibility index (Phi) is 5.79. The third kappa shape index (κ3) is 3.85. The van der Waals surface area contributed by atoms with Gasteiger partial charge in [0, 0.05) is 19.2 Å². The van der Waals surface area contributed by atoms with Crippen molar-refractivity contribution in [3.05, 3.63) is 58.9 Å². The quantitative estimate of drug-likeness (QED) is 0.893. The summed E-state index contributed by atoms with van der Waals surface area (Å²) in [6, 6.07) is 10.3. The summed E-state index contributed by atoms with van der Waals surface area (Å²) in [4.78, 5) is 13.5. The molecule has 0 aromatic heterocycles. The number of carbonyl (C=O) groups is 1. The van der Waals surface area contributed by atoms with Gasteiger partial charge in [-0.3, -0.25) is 4.90 Å². The van der Waals surface area contributed by atoms with E-state index in [4.69, 9.17) is 4.74 Å². The highest BCUT2D eigenvalue weighted by atomic mass is 19.1. The van der Waals surface area contributed by atoms with Crippen molar-refractivity contribution in [1.29, 1.82) is 0 Å². The van der Waals surface area contributed by atoms with Gasteiger partial charge in [-0.25, -0.2) is 9.18 Å². The lowest BCUT2D eigenvalue weighted by Gasteiger charge is -2.24. The molecule has 2 aromatic rings. The third-order valence-electron chi connectivity index (χ3n) is 3.86. The molecule has 0 aliphatic carbocycles. The van der Waals surface area contributed by atoms with Gasteiger partial charge in [0.25, 0.3) is 0 Å². The summed E-state index contributed by atoms with van der Waals surface area (Å²) in [5, 5.41) is 2.57. The van der Waals surface area contributed by atoms with Gasteiger partial charge in [0.15, 0.2) is 0 Å². The van der Waals surface area contributed by atoms with Crippen molar-refractivity contribution in [1.82, 2.24) is 5.32 Å². The van der Waals surface area contributed by atoms with Crippen molar-refractivity contribution in [3.8, 4) is 5.75 Å². The Morgan fingerprint density at radius 2 is 2.00 bits per heavy atom. The molecule has 0 unspecified atom stereocenters. The number of benzene rings is 2. The molecule has 1 N–H and O–H groups in total. The molecule has 0 bridgehead atoms. The zero-order chi connectivity index (χ0) is 17.7. The molecule has 2 amide bonds. The van der Waals surface area contributed by atoms with Crippen LogP contribution in [0.15, 0.2) is 36.4 Å². The molecular formula is C19H23FN2O2. The van der Waals surface area contributed by atoms with Gasteiger partial charge in [0.1, 0.15) is 18.2 Å². The SMILES string of the molecule is CCN(C(=O)NC)c1cccc(F)c1COc1ccc(C)cc1C. The van der Waals surface area contributed by atoms with E-state index in [1.165, 1.54) is 11.0 Å². The number of amides is 2. The number of nitrogens with one attached hydrogen (secondary N) is 1. The highest BCUT2D eigenvalue weighted by molar-refractivity contribution is 5.92. The second kappa shape index (κ2) is 7.81. The maximum atomic E-state index is 14.3. The van der Waals surface area contributed by atoms with Crippen LogP contribution in [0.1, 0.15) is 23.6 Å². The molecule has 0 saturated carbocycles. The first-order chi connectivity index (χ1) is 11.5. The van der Waals surface area contributed by atoms with Crippen molar-refractivity contribution in [2.45, 2.75) is 27.4 Å². The van der Waals surface area contributed by atoms with Gasteiger partial charge in [-0.1, -0.05) is 23.8 Å². The molecule has 0 aliphatic rings. The zero-order valence-electron chi connectivity index (χ0n) is 14.5. The van der Waals surface area contributed by atoms with E-state index in [9.17, 15) is 9.18 Å². The van der Waals surface area contributed by atoms with E-state index >= 15 is 0 Å². The average molecular weight is 330 g/mol. The van der Waals surface area contributed by atoms with E-state index in [0.717, 1.165) is 11.1 Å². The van der Waals surface area contributed by atoms with Crippen LogP contribution >= 0.6 is 0 Å². The predicted molar refractivity (Wildman–Crippen MR) is 94.1 cm³/mol. The van der Waals surface area contributed by atoms with Crippen LogP contribution in [0.4, 0.5) is 14.9 Å². The molecule has 2 aromatic carbocycles. The number of ether oxygens (including phenoxy) is 1. The van der Waals surface area contributed by atoms with Gasteiger partial charge in [0.05, 0.1) is 5.69 Å². The maximum absolute atomic E-state index is 14.3. The Morgan fingerprint density at radius 1 is 1.25 bits per heavy atom. The molecule has 24 heavy (non-hydrogen) atoms. The van der Waals surface area contributed by atoms with Crippen molar-refractivity contribution >= 4 is 11.7 Å². The lowest BCUT2D eigenvalue weighted by atomic mass is 10.1. The second-order valence-electron chi connectivity index (χ2n) is 5.59. The number of anilines is 1. The van der Waals surface area contributed by atoms with E-state index < -0.39 is 0 Å².